The second-order valence-electron chi connectivity index (χ2n) is 5.63. The summed E-state index contributed by atoms with van der Waals surface area (Å²) in [5, 5.41) is 0. The highest BCUT2D eigenvalue weighted by molar-refractivity contribution is 5.81. The maximum absolute atomic E-state index is 12.5. The number of amides is 1. The molecule has 114 valence electrons. The fraction of sp³-hybridized carbons (Fsp3) is 0.533. The molecule has 0 N–H and O–H groups in total. The highest BCUT2D eigenvalue weighted by Crippen LogP contribution is 2.32. The molecule has 6 heteroatoms. The maximum Gasteiger partial charge on any atom is 0.416 e. The SMILES string of the molecule is O=C(C1CC1)N1CCN(c2ccc(C(F)(F)F)cc2)CC1. The summed E-state index contributed by atoms with van der Waals surface area (Å²) in [6.07, 6.45) is -2.30. The zero-order chi connectivity index (χ0) is 15.0. The molecule has 1 aromatic rings. The first-order chi connectivity index (χ1) is 9.95. The number of alkyl halides is 3. The summed E-state index contributed by atoms with van der Waals surface area (Å²) in [5.41, 5.74) is 0.148. The summed E-state index contributed by atoms with van der Waals surface area (Å²) in [4.78, 5) is 15.8. The van der Waals surface area contributed by atoms with Gasteiger partial charge >= 0.3 is 6.18 Å². The van der Waals surface area contributed by atoms with Gasteiger partial charge in [-0.1, -0.05) is 0 Å². The Morgan fingerprint density at radius 1 is 1.00 bits per heavy atom. The molecule has 1 heterocycles. The number of rotatable bonds is 2. The molecule has 3 nitrogen and oxygen atoms in total. The Labute approximate surface area is 121 Å². The third kappa shape index (κ3) is 3.14. The third-order valence-corrected chi connectivity index (χ3v) is 4.08. The van der Waals surface area contributed by atoms with Gasteiger partial charge in [0.05, 0.1) is 5.56 Å². The minimum atomic E-state index is -4.30. The van der Waals surface area contributed by atoms with Crippen LogP contribution in [0.2, 0.25) is 0 Å². The molecule has 0 radical (unpaired) electrons. The summed E-state index contributed by atoms with van der Waals surface area (Å²) >= 11 is 0. The van der Waals surface area contributed by atoms with Crippen molar-refractivity contribution in [2.24, 2.45) is 5.92 Å². The monoisotopic (exact) mass is 298 g/mol. The molecular formula is C15H17F3N2O. The first kappa shape index (κ1) is 14.2. The zero-order valence-electron chi connectivity index (χ0n) is 11.6. The van der Waals surface area contributed by atoms with E-state index in [0.717, 1.165) is 30.7 Å². The molecule has 2 aliphatic rings. The van der Waals surface area contributed by atoms with Crippen LogP contribution in [-0.4, -0.2) is 37.0 Å². The summed E-state index contributed by atoms with van der Waals surface area (Å²) in [7, 11) is 0. The van der Waals surface area contributed by atoms with Gasteiger partial charge in [-0.3, -0.25) is 4.79 Å². The van der Waals surface area contributed by atoms with Gasteiger partial charge in [-0.15, -0.1) is 0 Å². The molecule has 0 unspecified atom stereocenters. The van der Waals surface area contributed by atoms with Gasteiger partial charge < -0.3 is 9.80 Å². The molecule has 21 heavy (non-hydrogen) atoms. The molecule has 0 bridgehead atoms. The normalized spacial score (nSPS) is 19.8. The van der Waals surface area contributed by atoms with Crippen LogP contribution in [-0.2, 0) is 11.0 Å². The quantitative estimate of drug-likeness (QED) is 0.838. The van der Waals surface area contributed by atoms with Crippen LogP contribution in [0.3, 0.4) is 0 Å². The topological polar surface area (TPSA) is 23.6 Å². The largest absolute Gasteiger partial charge is 0.416 e. The lowest BCUT2D eigenvalue weighted by molar-refractivity contribution is -0.137. The van der Waals surface area contributed by atoms with E-state index >= 15 is 0 Å². The van der Waals surface area contributed by atoms with Crippen molar-refractivity contribution in [3.63, 3.8) is 0 Å². The number of nitrogens with zero attached hydrogens (tertiary/aromatic N) is 2. The van der Waals surface area contributed by atoms with E-state index < -0.39 is 11.7 Å². The van der Waals surface area contributed by atoms with Crippen molar-refractivity contribution >= 4 is 11.6 Å². The second kappa shape index (κ2) is 5.24. The van der Waals surface area contributed by atoms with Gasteiger partial charge in [0, 0.05) is 37.8 Å². The standard InChI is InChI=1S/C15H17F3N2O/c16-15(17,18)12-3-5-13(6-4-12)19-7-9-20(10-8-19)14(21)11-1-2-11/h3-6,11H,1-2,7-10H2. The molecule has 1 aromatic carbocycles. The summed E-state index contributed by atoms with van der Waals surface area (Å²) in [6.45, 7) is 2.64. The Bertz CT molecular complexity index is 515. The maximum atomic E-state index is 12.5. The molecule has 1 aliphatic carbocycles. The Morgan fingerprint density at radius 3 is 2.05 bits per heavy atom. The van der Waals surface area contributed by atoms with Gasteiger partial charge in [-0.05, 0) is 37.1 Å². The average Bonchev–Trinajstić information content (AvgIpc) is 3.31. The van der Waals surface area contributed by atoms with Gasteiger partial charge in [-0.25, -0.2) is 0 Å². The Kier molecular flexibility index (Phi) is 3.55. The smallest absolute Gasteiger partial charge is 0.368 e. The van der Waals surface area contributed by atoms with Crippen LogP contribution in [0, 0.1) is 5.92 Å². The molecule has 1 amide bonds. The molecule has 0 aromatic heterocycles. The third-order valence-electron chi connectivity index (χ3n) is 4.08. The number of hydrogen-bond donors (Lipinski definition) is 0. The van der Waals surface area contributed by atoms with Crippen LogP contribution >= 0.6 is 0 Å². The first-order valence-electron chi connectivity index (χ1n) is 7.16. The van der Waals surface area contributed by atoms with E-state index in [-0.39, 0.29) is 11.8 Å². The lowest BCUT2D eigenvalue weighted by Gasteiger charge is -2.36. The van der Waals surface area contributed by atoms with Crippen LogP contribution in [0.15, 0.2) is 24.3 Å². The molecule has 1 saturated carbocycles. The van der Waals surface area contributed by atoms with Crippen molar-refractivity contribution < 1.29 is 18.0 Å². The van der Waals surface area contributed by atoms with Gasteiger partial charge in [0.1, 0.15) is 0 Å². The van der Waals surface area contributed by atoms with Gasteiger partial charge in [0.15, 0.2) is 0 Å². The van der Waals surface area contributed by atoms with Crippen molar-refractivity contribution in [3.05, 3.63) is 29.8 Å². The summed E-state index contributed by atoms with van der Waals surface area (Å²) in [5.74, 6) is 0.463. The lowest BCUT2D eigenvalue weighted by Crippen LogP contribution is -2.49. The van der Waals surface area contributed by atoms with Crippen molar-refractivity contribution in [1.82, 2.24) is 4.90 Å². The van der Waals surface area contributed by atoms with Crippen LogP contribution in [0.1, 0.15) is 18.4 Å². The molecule has 0 spiro atoms. The van der Waals surface area contributed by atoms with E-state index in [4.69, 9.17) is 0 Å². The van der Waals surface area contributed by atoms with Crippen molar-refractivity contribution in [2.45, 2.75) is 19.0 Å². The predicted octanol–water partition coefficient (Wildman–Crippen LogP) is 2.76. The second-order valence-corrected chi connectivity index (χ2v) is 5.63. The van der Waals surface area contributed by atoms with Crippen LogP contribution in [0.4, 0.5) is 18.9 Å². The number of carbonyl (C=O) groups excluding carboxylic acids is 1. The minimum absolute atomic E-state index is 0.225. The number of hydrogen-bond acceptors (Lipinski definition) is 2. The van der Waals surface area contributed by atoms with Crippen LogP contribution in [0.5, 0.6) is 0 Å². The lowest BCUT2D eigenvalue weighted by atomic mass is 10.1. The van der Waals surface area contributed by atoms with Crippen LogP contribution < -0.4 is 4.90 Å². The van der Waals surface area contributed by atoms with Gasteiger partial charge in [-0.2, -0.15) is 13.2 Å². The number of carbonyl (C=O) groups is 1. The van der Waals surface area contributed by atoms with E-state index in [1.54, 1.807) is 0 Å². The highest BCUT2D eigenvalue weighted by atomic mass is 19.4. The zero-order valence-corrected chi connectivity index (χ0v) is 11.6. The van der Waals surface area contributed by atoms with Crippen molar-refractivity contribution in [2.75, 3.05) is 31.1 Å². The molecular weight excluding hydrogens is 281 g/mol. The molecule has 0 atom stereocenters. The molecule has 2 fully saturated rings. The fourth-order valence-corrected chi connectivity index (χ4v) is 2.63. The van der Waals surface area contributed by atoms with Gasteiger partial charge in [0.25, 0.3) is 0 Å². The Morgan fingerprint density at radius 2 is 1.57 bits per heavy atom. The number of benzene rings is 1. The van der Waals surface area contributed by atoms with E-state index in [9.17, 15) is 18.0 Å². The average molecular weight is 298 g/mol. The summed E-state index contributed by atoms with van der Waals surface area (Å²) < 4.78 is 37.6. The molecule has 3 rings (SSSR count). The minimum Gasteiger partial charge on any atom is -0.368 e. The predicted molar refractivity (Wildman–Crippen MR) is 73.0 cm³/mol. The van der Waals surface area contributed by atoms with Gasteiger partial charge in [0.2, 0.25) is 5.91 Å². The van der Waals surface area contributed by atoms with E-state index in [1.807, 2.05) is 9.80 Å². The van der Waals surface area contributed by atoms with Crippen LogP contribution in [0.25, 0.3) is 0 Å². The molecule has 1 aliphatic heterocycles. The molecule has 1 saturated heterocycles. The van der Waals surface area contributed by atoms with E-state index in [1.165, 1.54) is 12.1 Å². The Balaban J connectivity index is 1.60. The Hall–Kier alpha value is -1.72. The number of anilines is 1. The fourth-order valence-electron chi connectivity index (χ4n) is 2.63. The number of piperazine rings is 1. The number of halogens is 3. The van der Waals surface area contributed by atoms with Crippen molar-refractivity contribution in [3.8, 4) is 0 Å². The first-order valence-corrected chi connectivity index (χ1v) is 7.16. The van der Waals surface area contributed by atoms with E-state index in [0.29, 0.717) is 26.2 Å². The van der Waals surface area contributed by atoms with E-state index in [2.05, 4.69) is 0 Å². The highest BCUT2D eigenvalue weighted by Gasteiger charge is 2.35. The van der Waals surface area contributed by atoms with Crippen molar-refractivity contribution in [1.29, 1.82) is 0 Å². The summed E-state index contributed by atoms with van der Waals surface area (Å²) in [6, 6.07) is 5.22.